The lowest BCUT2D eigenvalue weighted by atomic mass is 9.73. The number of amides is 1. The lowest BCUT2D eigenvalue weighted by molar-refractivity contribution is -0.149. The van der Waals surface area contributed by atoms with Gasteiger partial charge in [0.05, 0.1) is 7.11 Å². The highest BCUT2D eigenvalue weighted by Crippen LogP contribution is 2.39. The fourth-order valence-corrected chi connectivity index (χ4v) is 4.14. The fourth-order valence-electron chi connectivity index (χ4n) is 4.14. The number of para-hydroxylation sites is 1. The van der Waals surface area contributed by atoms with Crippen molar-refractivity contribution in [2.24, 2.45) is 5.41 Å². The summed E-state index contributed by atoms with van der Waals surface area (Å²) >= 11 is 0. The molecule has 1 atom stereocenters. The maximum Gasteiger partial charge on any atom is 0.305 e. The van der Waals surface area contributed by atoms with E-state index in [-0.39, 0.29) is 11.9 Å². The van der Waals surface area contributed by atoms with Gasteiger partial charge in [0.1, 0.15) is 0 Å². The highest BCUT2D eigenvalue weighted by atomic mass is 16.5. The number of hydrogen-bond donors (Lipinski definition) is 1. The molecule has 1 fully saturated rings. The second-order valence-electron chi connectivity index (χ2n) is 7.22. The van der Waals surface area contributed by atoms with E-state index in [1.165, 1.54) is 18.1 Å². The number of piperidine rings is 1. The largest absolute Gasteiger partial charge is 0.469 e. The molecule has 2 heterocycles. The van der Waals surface area contributed by atoms with Gasteiger partial charge in [-0.25, -0.2) is 0 Å². The predicted octanol–water partition coefficient (Wildman–Crippen LogP) is 3.68. The molecule has 1 N–H and O–H groups in total. The van der Waals surface area contributed by atoms with Crippen molar-refractivity contribution in [3.05, 3.63) is 36.0 Å². The molecule has 140 valence electrons. The molecule has 0 spiro atoms. The topological polar surface area (TPSA) is 62.4 Å². The third-order valence-electron chi connectivity index (χ3n) is 5.86. The Morgan fingerprint density at radius 2 is 2.15 bits per heavy atom. The number of H-pyrrole nitrogens is 1. The second kappa shape index (κ2) is 7.94. The Balaban J connectivity index is 1.67. The van der Waals surface area contributed by atoms with Crippen LogP contribution < -0.4 is 0 Å². The van der Waals surface area contributed by atoms with Crippen LogP contribution in [0.2, 0.25) is 0 Å². The van der Waals surface area contributed by atoms with Gasteiger partial charge in [0.25, 0.3) is 0 Å². The van der Waals surface area contributed by atoms with Crippen LogP contribution in [0.3, 0.4) is 0 Å². The lowest BCUT2D eigenvalue weighted by Gasteiger charge is -2.41. The number of nitrogens with zero attached hydrogens (tertiary/aromatic N) is 1. The SMILES string of the molecule is CC[C@@]1(CCC(=O)OC)CCCN(CCc2c[nH]c3ccccc23)C1=O. The van der Waals surface area contributed by atoms with Crippen LogP contribution in [-0.4, -0.2) is 42.0 Å². The molecule has 0 saturated carbocycles. The Hall–Kier alpha value is -2.30. The van der Waals surface area contributed by atoms with Gasteiger partial charge in [-0.2, -0.15) is 0 Å². The van der Waals surface area contributed by atoms with Crippen molar-refractivity contribution in [3.63, 3.8) is 0 Å². The minimum Gasteiger partial charge on any atom is -0.469 e. The molecule has 5 nitrogen and oxygen atoms in total. The summed E-state index contributed by atoms with van der Waals surface area (Å²) in [4.78, 5) is 30.0. The summed E-state index contributed by atoms with van der Waals surface area (Å²) in [7, 11) is 1.40. The molecule has 5 heteroatoms. The van der Waals surface area contributed by atoms with E-state index in [9.17, 15) is 9.59 Å². The van der Waals surface area contributed by atoms with Crippen LogP contribution in [-0.2, 0) is 20.7 Å². The minimum absolute atomic E-state index is 0.204. The number of ether oxygens (including phenoxy) is 1. The summed E-state index contributed by atoms with van der Waals surface area (Å²) in [6.07, 6.45) is 6.41. The molecule has 1 aliphatic rings. The van der Waals surface area contributed by atoms with Gasteiger partial charge in [0, 0.05) is 42.0 Å². The van der Waals surface area contributed by atoms with E-state index in [0.717, 1.165) is 44.3 Å². The van der Waals surface area contributed by atoms with Crippen LogP contribution in [0.5, 0.6) is 0 Å². The van der Waals surface area contributed by atoms with E-state index in [4.69, 9.17) is 4.74 Å². The summed E-state index contributed by atoms with van der Waals surface area (Å²) < 4.78 is 4.76. The monoisotopic (exact) mass is 356 g/mol. The first-order valence-corrected chi connectivity index (χ1v) is 9.51. The molecule has 26 heavy (non-hydrogen) atoms. The quantitative estimate of drug-likeness (QED) is 0.770. The van der Waals surface area contributed by atoms with E-state index in [0.29, 0.717) is 12.8 Å². The van der Waals surface area contributed by atoms with Crippen molar-refractivity contribution >= 4 is 22.8 Å². The Morgan fingerprint density at radius 1 is 1.35 bits per heavy atom. The zero-order valence-corrected chi connectivity index (χ0v) is 15.7. The molecule has 2 aromatic rings. The normalized spacial score (nSPS) is 20.5. The molecular weight excluding hydrogens is 328 g/mol. The van der Waals surface area contributed by atoms with Gasteiger partial charge in [-0.15, -0.1) is 0 Å². The smallest absolute Gasteiger partial charge is 0.305 e. The molecule has 0 aliphatic carbocycles. The summed E-state index contributed by atoms with van der Waals surface area (Å²) in [5, 5.41) is 1.23. The Kier molecular flexibility index (Phi) is 5.64. The number of aromatic amines is 1. The maximum atomic E-state index is 13.2. The van der Waals surface area contributed by atoms with Crippen molar-refractivity contribution in [2.75, 3.05) is 20.2 Å². The van der Waals surface area contributed by atoms with Crippen molar-refractivity contribution in [1.29, 1.82) is 0 Å². The number of fused-ring (bicyclic) bond motifs is 1. The Morgan fingerprint density at radius 3 is 2.92 bits per heavy atom. The number of hydrogen-bond acceptors (Lipinski definition) is 3. The highest BCUT2D eigenvalue weighted by Gasteiger charge is 2.42. The molecule has 1 aliphatic heterocycles. The van der Waals surface area contributed by atoms with Gasteiger partial charge < -0.3 is 14.6 Å². The number of methoxy groups -OCH3 is 1. The number of nitrogens with one attached hydrogen (secondary N) is 1. The molecule has 0 unspecified atom stereocenters. The summed E-state index contributed by atoms with van der Waals surface area (Å²) in [6.45, 7) is 3.58. The van der Waals surface area contributed by atoms with Gasteiger partial charge in [-0.05, 0) is 43.7 Å². The summed E-state index contributed by atoms with van der Waals surface area (Å²) in [5.74, 6) is -0.0310. The van der Waals surface area contributed by atoms with Crippen LogP contribution in [0.1, 0.15) is 44.6 Å². The van der Waals surface area contributed by atoms with Crippen LogP contribution in [0.15, 0.2) is 30.5 Å². The number of benzene rings is 1. The fraction of sp³-hybridized carbons (Fsp3) is 0.524. The molecule has 0 bridgehead atoms. The van der Waals surface area contributed by atoms with Crippen LogP contribution in [0.4, 0.5) is 0 Å². The van der Waals surface area contributed by atoms with E-state index >= 15 is 0 Å². The van der Waals surface area contributed by atoms with Crippen LogP contribution in [0, 0.1) is 5.41 Å². The van der Waals surface area contributed by atoms with E-state index in [1.807, 2.05) is 23.2 Å². The average Bonchev–Trinajstić information content (AvgIpc) is 3.09. The zero-order chi connectivity index (χ0) is 18.6. The number of aromatic nitrogens is 1. The first-order valence-electron chi connectivity index (χ1n) is 9.51. The second-order valence-corrected chi connectivity index (χ2v) is 7.22. The molecule has 1 aromatic heterocycles. The van der Waals surface area contributed by atoms with Gasteiger partial charge in [0.15, 0.2) is 0 Å². The number of carbonyl (C=O) groups excluding carboxylic acids is 2. The Labute approximate surface area is 154 Å². The van der Waals surface area contributed by atoms with Gasteiger partial charge in [-0.3, -0.25) is 9.59 Å². The zero-order valence-electron chi connectivity index (χ0n) is 15.7. The third kappa shape index (κ3) is 3.62. The predicted molar refractivity (Wildman–Crippen MR) is 102 cm³/mol. The molecule has 0 radical (unpaired) electrons. The van der Waals surface area contributed by atoms with Gasteiger partial charge in [-0.1, -0.05) is 25.1 Å². The van der Waals surface area contributed by atoms with Gasteiger partial charge >= 0.3 is 5.97 Å². The van der Waals surface area contributed by atoms with Crippen LogP contribution in [0.25, 0.3) is 10.9 Å². The van der Waals surface area contributed by atoms with Crippen molar-refractivity contribution in [3.8, 4) is 0 Å². The standard InChI is InChI=1S/C21H28N2O3/c1-3-21(12-9-19(24)26-2)11-6-13-23(20(21)25)14-10-16-15-22-18-8-5-4-7-17(16)18/h4-5,7-8,15,22H,3,6,9-14H2,1-2H3/t21-/m0/s1. The molecule has 1 saturated heterocycles. The molecular formula is C21H28N2O3. The number of likely N-dealkylation sites (tertiary alicyclic amines) is 1. The molecule has 1 amide bonds. The third-order valence-corrected chi connectivity index (χ3v) is 5.86. The van der Waals surface area contributed by atoms with E-state index in [2.05, 4.69) is 24.0 Å². The van der Waals surface area contributed by atoms with E-state index < -0.39 is 5.41 Å². The maximum absolute atomic E-state index is 13.2. The average molecular weight is 356 g/mol. The van der Waals surface area contributed by atoms with Crippen molar-refractivity contribution in [1.82, 2.24) is 9.88 Å². The molecule has 3 rings (SSSR count). The number of rotatable bonds is 7. The minimum atomic E-state index is -0.410. The first-order chi connectivity index (χ1) is 12.6. The number of carbonyl (C=O) groups is 2. The summed E-state index contributed by atoms with van der Waals surface area (Å²) in [6, 6.07) is 8.25. The van der Waals surface area contributed by atoms with Crippen molar-refractivity contribution < 1.29 is 14.3 Å². The van der Waals surface area contributed by atoms with Crippen LogP contribution >= 0.6 is 0 Å². The van der Waals surface area contributed by atoms with Gasteiger partial charge in [0.2, 0.25) is 5.91 Å². The lowest BCUT2D eigenvalue weighted by Crippen LogP contribution is -2.49. The molecule has 1 aromatic carbocycles. The first kappa shape index (κ1) is 18.5. The highest BCUT2D eigenvalue weighted by molar-refractivity contribution is 5.85. The number of esters is 1. The Bertz CT molecular complexity index is 782. The van der Waals surface area contributed by atoms with Crippen molar-refractivity contribution in [2.45, 2.75) is 45.4 Å². The van der Waals surface area contributed by atoms with E-state index in [1.54, 1.807) is 0 Å². The summed E-state index contributed by atoms with van der Waals surface area (Å²) in [5.41, 5.74) is 1.97.